The molecule has 2 aromatic carbocycles. The van der Waals surface area contributed by atoms with Crippen molar-refractivity contribution < 1.29 is 9.59 Å². The Kier molecular flexibility index (Phi) is 6.64. The molecule has 3 N–H and O–H groups in total. The Bertz CT molecular complexity index is 1360. The van der Waals surface area contributed by atoms with Crippen molar-refractivity contribution in [3.63, 3.8) is 0 Å². The zero-order valence-electron chi connectivity index (χ0n) is 20.7. The molecule has 1 aliphatic heterocycles. The van der Waals surface area contributed by atoms with Gasteiger partial charge in [0.15, 0.2) is 5.82 Å². The fourth-order valence-electron chi connectivity index (χ4n) is 5.03. The number of piperidine rings is 1. The summed E-state index contributed by atoms with van der Waals surface area (Å²) >= 11 is 0. The molecule has 1 saturated heterocycles. The van der Waals surface area contributed by atoms with Crippen LogP contribution in [0.2, 0.25) is 0 Å². The van der Waals surface area contributed by atoms with Gasteiger partial charge >= 0.3 is 0 Å². The van der Waals surface area contributed by atoms with Gasteiger partial charge in [0, 0.05) is 25.8 Å². The number of hydrogen-bond acceptors (Lipinski definition) is 5. The van der Waals surface area contributed by atoms with Crippen molar-refractivity contribution in [2.24, 2.45) is 11.7 Å². The molecule has 2 aliphatic rings. The standard InChI is InChI=1S/C29H30N6O2/c1-20-17-24(20)28(37)32-27-25(26(31)36)19-35(33-27)29(11-14-30)12-15-34(16-13-29)18-21-7-9-23(10-8-21)22-5-3-2-4-6-22/h2-10,19,24H,1,11-13,15-18H2,(H2,31,36)(H,32,33,37)/t24-/m0/s1. The van der Waals surface area contributed by atoms with Crippen molar-refractivity contribution in [3.05, 3.63) is 84.1 Å². The van der Waals surface area contributed by atoms with Crippen molar-refractivity contribution in [2.75, 3.05) is 18.4 Å². The Morgan fingerprint density at radius 3 is 2.35 bits per heavy atom. The molecule has 37 heavy (non-hydrogen) atoms. The van der Waals surface area contributed by atoms with E-state index in [1.807, 2.05) is 18.2 Å². The second-order valence-corrected chi connectivity index (χ2v) is 10.0. The van der Waals surface area contributed by atoms with Gasteiger partial charge in [-0.15, -0.1) is 0 Å². The van der Waals surface area contributed by atoms with Gasteiger partial charge in [-0.1, -0.05) is 66.7 Å². The second kappa shape index (κ2) is 10.0. The SMILES string of the molecule is C=C1C[C@@H]1C(=O)Nc1nn(C2(CC#N)CCN(Cc3ccc(-c4ccccc4)cc3)CC2)cc1C(N)=O. The minimum atomic E-state index is -0.667. The summed E-state index contributed by atoms with van der Waals surface area (Å²) in [5, 5.41) is 16.9. The molecule has 0 unspecified atom stereocenters. The Morgan fingerprint density at radius 1 is 1.11 bits per heavy atom. The van der Waals surface area contributed by atoms with Gasteiger partial charge < -0.3 is 11.1 Å². The fourth-order valence-corrected chi connectivity index (χ4v) is 5.03. The van der Waals surface area contributed by atoms with E-state index in [0.29, 0.717) is 19.3 Å². The van der Waals surface area contributed by atoms with Crippen LogP contribution in [0.1, 0.15) is 41.6 Å². The predicted molar refractivity (Wildman–Crippen MR) is 141 cm³/mol. The van der Waals surface area contributed by atoms with Crippen LogP contribution in [0.15, 0.2) is 72.9 Å². The molecule has 8 heteroatoms. The van der Waals surface area contributed by atoms with Crippen molar-refractivity contribution in [1.29, 1.82) is 5.26 Å². The maximum absolute atomic E-state index is 12.4. The van der Waals surface area contributed by atoms with Crippen molar-refractivity contribution >= 4 is 17.6 Å². The predicted octanol–water partition coefficient (Wildman–Crippen LogP) is 4.07. The van der Waals surface area contributed by atoms with Gasteiger partial charge in [-0.25, -0.2) is 0 Å². The molecule has 2 fully saturated rings. The van der Waals surface area contributed by atoms with Crippen LogP contribution < -0.4 is 11.1 Å². The minimum absolute atomic E-state index is 0.149. The smallest absolute Gasteiger partial charge is 0.254 e. The van der Waals surface area contributed by atoms with E-state index in [9.17, 15) is 14.9 Å². The molecule has 0 radical (unpaired) electrons. The van der Waals surface area contributed by atoms with Gasteiger partial charge in [-0.2, -0.15) is 10.4 Å². The number of likely N-dealkylation sites (tertiary alicyclic amines) is 1. The topological polar surface area (TPSA) is 117 Å². The first-order chi connectivity index (χ1) is 17.9. The molecule has 5 rings (SSSR count). The summed E-state index contributed by atoms with van der Waals surface area (Å²) < 4.78 is 1.68. The van der Waals surface area contributed by atoms with E-state index in [1.54, 1.807) is 10.9 Å². The number of nitrogens with two attached hydrogens (primary N) is 1. The van der Waals surface area contributed by atoms with E-state index >= 15 is 0 Å². The highest BCUT2D eigenvalue weighted by molar-refractivity contribution is 6.03. The number of primary amides is 1. The Labute approximate surface area is 216 Å². The summed E-state index contributed by atoms with van der Waals surface area (Å²) in [6.07, 6.45) is 3.85. The van der Waals surface area contributed by atoms with Gasteiger partial charge in [0.1, 0.15) is 5.56 Å². The average molecular weight is 495 g/mol. The molecule has 1 aromatic heterocycles. The highest BCUT2D eigenvalue weighted by Crippen LogP contribution is 2.38. The number of amides is 2. The van der Waals surface area contributed by atoms with Gasteiger partial charge in [0.25, 0.3) is 5.91 Å². The minimum Gasteiger partial charge on any atom is -0.365 e. The molecule has 1 aliphatic carbocycles. The molecule has 8 nitrogen and oxygen atoms in total. The quantitative estimate of drug-likeness (QED) is 0.458. The van der Waals surface area contributed by atoms with Gasteiger partial charge in [0.05, 0.1) is 23.9 Å². The van der Waals surface area contributed by atoms with Crippen LogP contribution in [0.4, 0.5) is 5.82 Å². The van der Waals surface area contributed by atoms with Gasteiger partial charge in [-0.05, 0) is 36.0 Å². The Hall–Kier alpha value is -4.22. The number of benzene rings is 2. The summed E-state index contributed by atoms with van der Waals surface area (Å²) in [4.78, 5) is 26.9. The van der Waals surface area contributed by atoms with Crippen molar-refractivity contribution in [3.8, 4) is 17.2 Å². The Balaban J connectivity index is 1.28. The molecule has 2 heterocycles. The van der Waals surface area contributed by atoms with E-state index in [2.05, 4.69) is 64.4 Å². The number of nitrogens with zero attached hydrogens (tertiary/aromatic N) is 4. The molecular weight excluding hydrogens is 464 g/mol. The molecule has 2 amide bonds. The number of nitrogens with one attached hydrogen (secondary N) is 1. The molecule has 0 bridgehead atoms. The molecule has 3 aromatic rings. The van der Waals surface area contributed by atoms with E-state index < -0.39 is 11.4 Å². The normalized spacial score (nSPS) is 18.7. The second-order valence-electron chi connectivity index (χ2n) is 10.0. The zero-order valence-corrected chi connectivity index (χ0v) is 20.7. The van der Waals surface area contributed by atoms with Crippen molar-refractivity contribution in [1.82, 2.24) is 14.7 Å². The third-order valence-electron chi connectivity index (χ3n) is 7.48. The van der Waals surface area contributed by atoms with Crippen LogP contribution >= 0.6 is 0 Å². The maximum Gasteiger partial charge on any atom is 0.254 e. The lowest BCUT2D eigenvalue weighted by Gasteiger charge is -2.40. The summed E-state index contributed by atoms with van der Waals surface area (Å²) in [7, 11) is 0. The van der Waals surface area contributed by atoms with Gasteiger partial charge in [0.2, 0.25) is 5.91 Å². The monoisotopic (exact) mass is 494 g/mol. The molecular formula is C29H30N6O2. The number of carbonyl (C=O) groups excluding carboxylic acids is 2. The summed E-state index contributed by atoms with van der Waals surface area (Å²) in [5.41, 5.74) is 9.65. The summed E-state index contributed by atoms with van der Waals surface area (Å²) in [6.45, 7) is 6.18. The number of nitriles is 1. The lowest BCUT2D eigenvalue weighted by atomic mass is 9.84. The van der Waals surface area contributed by atoms with Crippen LogP contribution in [0.5, 0.6) is 0 Å². The van der Waals surface area contributed by atoms with E-state index in [4.69, 9.17) is 5.73 Å². The first-order valence-electron chi connectivity index (χ1n) is 12.5. The number of hydrogen-bond donors (Lipinski definition) is 2. The fraction of sp³-hybridized carbons (Fsp3) is 0.310. The van der Waals surface area contributed by atoms with E-state index in [0.717, 1.165) is 25.2 Å². The zero-order chi connectivity index (χ0) is 26.0. The van der Waals surface area contributed by atoms with Crippen LogP contribution in [0.25, 0.3) is 11.1 Å². The average Bonchev–Trinajstić information content (AvgIpc) is 3.49. The number of anilines is 1. The third-order valence-corrected chi connectivity index (χ3v) is 7.48. The summed E-state index contributed by atoms with van der Waals surface area (Å²) in [5.74, 6) is -1.00. The number of aromatic nitrogens is 2. The third kappa shape index (κ3) is 5.18. The molecule has 188 valence electrons. The summed E-state index contributed by atoms with van der Waals surface area (Å²) in [6, 6.07) is 21.2. The van der Waals surface area contributed by atoms with Crippen LogP contribution in [-0.2, 0) is 16.9 Å². The molecule has 1 atom stereocenters. The number of carbonyl (C=O) groups is 2. The number of rotatable bonds is 8. The molecule has 0 spiro atoms. The van der Waals surface area contributed by atoms with Crippen LogP contribution in [-0.4, -0.2) is 39.6 Å². The highest BCUT2D eigenvalue weighted by atomic mass is 16.2. The first kappa shape index (κ1) is 24.5. The lowest BCUT2D eigenvalue weighted by molar-refractivity contribution is -0.117. The first-order valence-corrected chi connectivity index (χ1v) is 12.5. The van der Waals surface area contributed by atoms with Crippen molar-refractivity contribution in [2.45, 2.75) is 37.8 Å². The van der Waals surface area contributed by atoms with Gasteiger partial charge in [-0.3, -0.25) is 19.2 Å². The van der Waals surface area contributed by atoms with E-state index in [-0.39, 0.29) is 29.6 Å². The highest BCUT2D eigenvalue weighted by Gasteiger charge is 2.39. The largest absolute Gasteiger partial charge is 0.365 e. The van der Waals surface area contributed by atoms with Crippen LogP contribution in [0.3, 0.4) is 0 Å². The van der Waals surface area contributed by atoms with Crippen LogP contribution in [0, 0.1) is 17.2 Å². The van der Waals surface area contributed by atoms with E-state index in [1.165, 1.54) is 16.7 Å². The Morgan fingerprint density at radius 2 is 1.76 bits per heavy atom. The molecule has 1 saturated carbocycles. The maximum atomic E-state index is 12.4. The lowest BCUT2D eigenvalue weighted by Crippen LogP contribution is -2.46.